The van der Waals surface area contributed by atoms with E-state index in [4.69, 9.17) is 11.1 Å². The zero-order valence-corrected chi connectivity index (χ0v) is 7.25. The predicted molar refractivity (Wildman–Crippen MR) is 43.5 cm³/mol. The molecule has 0 unspecified atom stereocenters. The molecule has 3 N–H and O–H groups in total. The van der Waals surface area contributed by atoms with Crippen LogP contribution in [0.2, 0.25) is 0 Å². The molecule has 0 aliphatic carbocycles. The van der Waals surface area contributed by atoms with Gasteiger partial charge in [-0.1, -0.05) is 0 Å². The zero-order valence-electron chi connectivity index (χ0n) is 6.43. The average molecular weight is 198 g/mol. The van der Waals surface area contributed by atoms with Crippen molar-refractivity contribution in [1.82, 2.24) is 9.82 Å². The fourth-order valence-electron chi connectivity index (χ4n) is 0.755. The molecule has 13 heavy (non-hydrogen) atoms. The molecule has 0 radical (unpaired) electrons. The van der Waals surface area contributed by atoms with E-state index < -0.39 is 10.0 Å². The lowest BCUT2D eigenvalue weighted by Crippen LogP contribution is -2.30. The third-order valence-electron chi connectivity index (χ3n) is 1.32. The maximum atomic E-state index is 11.2. The lowest BCUT2D eigenvalue weighted by molar-refractivity contribution is 0.583. The maximum Gasteiger partial charge on any atom is 0.255 e. The highest BCUT2D eigenvalue weighted by Gasteiger charge is 2.16. The molecule has 0 fully saturated rings. The summed E-state index contributed by atoms with van der Waals surface area (Å²) in [5.41, 5.74) is -0.180. The van der Waals surface area contributed by atoms with Crippen LogP contribution >= 0.6 is 0 Å². The smallest absolute Gasteiger partial charge is 0.255 e. The highest BCUT2D eigenvalue weighted by Crippen LogP contribution is 2.10. The Morgan fingerprint density at radius 2 is 2.31 bits per heavy atom. The van der Waals surface area contributed by atoms with Crippen molar-refractivity contribution in [1.29, 1.82) is 5.26 Å². The van der Waals surface area contributed by atoms with Gasteiger partial charge in [0.2, 0.25) is 0 Å². The van der Waals surface area contributed by atoms with Crippen LogP contribution in [0.4, 0.5) is 0 Å². The van der Waals surface area contributed by atoms with Crippen molar-refractivity contribution >= 4 is 10.0 Å². The molecule has 0 spiro atoms. The van der Waals surface area contributed by atoms with Crippen LogP contribution in [0.1, 0.15) is 5.69 Å². The number of nitrogens with zero attached hydrogens (tertiary/aromatic N) is 2. The molecule has 6 nitrogen and oxygen atoms in total. The number of hydrogen-bond donors (Lipinski definition) is 2. The first-order valence-corrected chi connectivity index (χ1v) is 4.67. The third kappa shape index (κ3) is 1.81. The van der Waals surface area contributed by atoms with E-state index in [-0.39, 0.29) is 10.6 Å². The molecule has 0 saturated heterocycles. The molecule has 68 valence electrons. The van der Waals surface area contributed by atoms with Gasteiger partial charge in [0.15, 0.2) is 5.69 Å². The quantitative estimate of drug-likeness (QED) is 0.473. The third-order valence-corrected chi connectivity index (χ3v) is 2.54. The van der Waals surface area contributed by atoms with Crippen molar-refractivity contribution in [2.45, 2.75) is 4.90 Å². The minimum atomic E-state index is -3.80. The summed E-state index contributed by atoms with van der Waals surface area (Å²) in [7, 11) is -3.80. The Labute approximate surface area is 75.0 Å². The molecule has 0 bridgehead atoms. The summed E-state index contributed by atoms with van der Waals surface area (Å²) in [4.78, 5) is 4.97. The van der Waals surface area contributed by atoms with E-state index in [1.54, 1.807) is 10.9 Å². The van der Waals surface area contributed by atoms with E-state index in [9.17, 15) is 8.42 Å². The van der Waals surface area contributed by atoms with Crippen LogP contribution < -0.4 is 10.7 Å². The van der Waals surface area contributed by atoms with Gasteiger partial charge in [-0.15, -0.1) is 4.83 Å². The molecule has 0 atom stereocenters. The van der Waals surface area contributed by atoms with E-state index in [0.717, 1.165) is 0 Å². The fourth-order valence-corrected chi connectivity index (χ4v) is 1.49. The van der Waals surface area contributed by atoms with Crippen molar-refractivity contribution in [2.24, 2.45) is 5.84 Å². The van der Waals surface area contributed by atoms with Crippen LogP contribution in [0.5, 0.6) is 0 Å². The fraction of sp³-hybridized carbons (Fsp3) is 0. The van der Waals surface area contributed by atoms with E-state index >= 15 is 0 Å². The van der Waals surface area contributed by atoms with Crippen LogP contribution in [0, 0.1) is 11.3 Å². The summed E-state index contributed by atoms with van der Waals surface area (Å²) in [6.07, 6.45) is 1.33. The zero-order chi connectivity index (χ0) is 9.90. The van der Waals surface area contributed by atoms with Gasteiger partial charge in [-0.25, -0.2) is 13.4 Å². The second kappa shape index (κ2) is 3.49. The first-order chi connectivity index (χ1) is 6.11. The molecular weight excluding hydrogens is 192 g/mol. The van der Waals surface area contributed by atoms with E-state index in [0.29, 0.717) is 0 Å². The van der Waals surface area contributed by atoms with Gasteiger partial charge in [-0.2, -0.15) is 5.26 Å². The lowest BCUT2D eigenvalue weighted by Gasteiger charge is -2.01. The van der Waals surface area contributed by atoms with Gasteiger partial charge in [0.05, 0.1) is 0 Å². The number of nitriles is 1. The Bertz CT molecular complexity index is 448. The number of hydrazine groups is 1. The summed E-state index contributed by atoms with van der Waals surface area (Å²) in [5, 5.41) is 8.53. The van der Waals surface area contributed by atoms with Gasteiger partial charge in [-0.3, -0.25) is 5.84 Å². The highest BCUT2D eigenvalue weighted by molar-refractivity contribution is 7.89. The first kappa shape index (κ1) is 9.60. The Kier molecular flexibility index (Phi) is 2.57. The van der Waals surface area contributed by atoms with Crippen molar-refractivity contribution in [3.05, 3.63) is 24.0 Å². The minimum Gasteiger partial charge on any atom is -0.257 e. The highest BCUT2D eigenvalue weighted by atomic mass is 32.2. The van der Waals surface area contributed by atoms with Crippen molar-refractivity contribution in [3.63, 3.8) is 0 Å². The van der Waals surface area contributed by atoms with E-state index in [1.165, 1.54) is 18.3 Å². The van der Waals surface area contributed by atoms with Gasteiger partial charge in [-0.05, 0) is 12.1 Å². The Morgan fingerprint density at radius 3 is 2.85 bits per heavy atom. The molecule has 0 amide bonds. The lowest BCUT2D eigenvalue weighted by atomic mass is 10.4. The molecule has 7 heteroatoms. The Balaban J connectivity index is 3.40. The largest absolute Gasteiger partial charge is 0.257 e. The molecule has 0 aromatic carbocycles. The van der Waals surface area contributed by atoms with Crippen LogP contribution in [0.3, 0.4) is 0 Å². The summed E-state index contributed by atoms with van der Waals surface area (Å²) >= 11 is 0. The van der Waals surface area contributed by atoms with Crippen molar-refractivity contribution in [2.75, 3.05) is 0 Å². The number of nitrogens with two attached hydrogens (primary N) is 1. The standard InChI is InChI=1S/C6H6N4O2S/c7-4-5-6(2-1-3-9-5)13(11,12)10-8/h1-3,10H,8H2. The van der Waals surface area contributed by atoms with E-state index in [2.05, 4.69) is 4.98 Å². The van der Waals surface area contributed by atoms with Crippen molar-refractivity contribution < 1.29 is 8.42 Å². The number of aromatic nitrogens is 1. The molecule has 0 aliphatic rings. The number of pyridine rings is 1. The summed E-state index contributed by atoms with van der Waals surface area (Å²) in [6, 6.07) is 4.31. The Hall–Kier alpha value is -1.49. The molecule has 1 heterocycles. The SMILES string of the molecule is N#Cc1ncccc1S(=O)(=O)NN. The molecule has 0 saturated carbocycles. The van der Waals surface area contributed by atoms with E-state index in [1.807, 2.05) is 0 Å². The second-order valence-corrected chi connectivity index (χ2v) is 3.77. The number of sulfonamides is 1. The second-order valence-electron chi connectivity index (χ2n) is 2.08. The predicted octanol–water partition coefficient (Wildman–Crippen LogP) is -0.895. The number of rotatable bonds is 2. The van der Waals surface area contributed by atoms with Crippen LogP contribution in [0.15, 0.2) is 23.2 Å². The summed E-state index contributed by atoms with van der Waals surface area (Å²) in [5.74, 6) is 4.79. The number of nitrogens with one attached hydrogen (secondary N) is 1. The van der Waals surface area contributed by atoms with Crippen LogP contribution in [-0.4, -0.2) is 13.4 Å². The van der Waals surface area contributed by atoms with Gasteiger partial charge in [0.25, 0.3) is 10.0 Å². The Morgan fingerprint density at radius 1 is 1.62 bits per heavy atom. The molecule has 1 rings (SSSR count). The van der Waals surface area contributed by atoms with Crippen LogP contribution in [-0.2, 0) is 10.0 Å². The minimum absolute atomic E-state index is 0.180. The van der Waals surface area contributed by atoms with Gasteiger partial charge < -0.3 is 0 Å². The van der Waals surface area contributed by atoms with Crippen LogP contribution in [0.25, 0.3) is 0 Å². The maximum absolute atomic E-state index is 11.2. The molecule has 1 aromatic rings. The molecular formula is C6H6N4O2S. The first-order valence-electron chi connectivity index (χ1n) is 3.19. The normalized spacial score (nSPS) is 10.8. The van der Waals surface area contributed by atoms with Gasteiger partial charge >= 0.3 is 0 Å². The average Bonchev–Trinajstić information content (AvgIpc) is 2.18. The topological polar surface area (TPSA) is 109 Å². The van der Waals surface area contributed by atoms with Gasteiger partial charge in [0, 0.05) is 6.20 Å². The molecule has 0 aliphatic heterocycles. The number of hydrogen-bond acceptors (Lipinski definition) is 5. The summed E-state index contributed by atoms with van der Waals surface area (Å²) < 4.78 is 22.3. The van der Waals surface area contributed by atoms with Crippen molar-refractivity contribution in [3.8, 4) is 6.07 Å². The monoisotopic (exact) mass is 198 g/mol. The summed E-state index contributed by atoms with van der Waals surface area (Å²) in [6.45, 7) is 0. The molecule has 1 aromatic heterocycles. The van der Waals surface area contributed by atoms with Gasteiger partial charge in [0.1, 0.15) is 11.0 Å².